The van der Waals surface area contributed by atoms with E-state index in [9.17, 15) is 9.59 Å². The van der Waals surface area contributed by atoms with Gasteiger partial charge >= 0.3 is 6.09 Å². The maximum Gasteiger partial charge on any atom is 0.410 e. The lowest BCUT2D eigenvalue weighted by atomic mass is 10.0. The zero-order valence-electron chi connectivity index (χ0n) is 14.9. The van der Waals surface area contributed by atoms with Crippen molar-refractivity contribution < 1.29 is 14.3 Å². The van der Waals surface area contributed by atoms with E-state index in [0.29, 0.717) is 25.3 Å². The van der Waals surface area contributed by atoms with Crippen molar-refractivity contribution in [1.29, 1.82) is 0 Å². The Morgan fingerprint density at radius 3 is 2.96 bits per heavy atom. The Balaban J connectivity index is 1.71. The van der Waals surface area contributed by atoms with Crippen molar-refractivity contribution in [3.05, 3.63) is 29.8 Å². The highest BCUT2D eigenvalue weighted by Crippen LogP contribution is 2.21. The number of piperidine rings is 1. The number of hydrogen-bond donors (Lipinski definition) is 1. The number of aromatic nitrogens is 4. The average Bonchev–Trinajstić information content (AvgIpc) is 3.22. The molecule has 1 N–H and O–H groups in total. The van der Waals surface area contributed by atoms with E-state index in [2.05, 4.69) is 20.6 Å². The Labute approximate surface area is 151 Å². The van der Waals surface area contributed by atoms with E-state index in [0.717, 1.165) is 24.0 Å². The normalized spacial score (nSPS) is 17.0. The van der Waals surface area contributed by atoms with Gasteiger partial charge in [-0.2, -0.15) is 5.21 Å². The molecule has 3 rings (SSSR count). The van der Waals surface area contributed by atoms with Crippen LogP contribution in [0.25, 0.3) is 11.4 Å². The standard InChI is InChI=1S/C17H22N6O3/c1-22(16(24)14-8-3-4-9-23(14)17(25)26-2)11-12-6-5-7-13(10-12)15-18-20-21-19-15/h5-7,10,14H,3-4,8-9,11H2,1-2H3,(H,18,19,20,21). The van der Waals surface area contributed by atoms with Gasteiger partial charge in [0.15, 0.2) is 0 Å². The molecule has 9 heteroatoms. The first-order chi connectivity index (χ1) is 12.6. The quantitative estimate of drug-likeness (QED) is 0.887. The van der Waals surface area contributed by atoms with Crippen LogP contribution in [0.15, 0.2) is 24.3 Å². The summed E-state index contributed by atoms with van der Waals surface area (Å²) in [6.45, 7) is 0.972. The fourth-order valence-electron chi connectivity index (χ4n) is 3.22. The molecule has 1 aliphatic rings. The van der Waals surface area contributed by atoms with Crippen LogP contribution in [-0.2, 0) is 16.1 Å². The molecule has 1 unspecified atom stereocenters. The Morgan fingerprint density at radius 1 is 1.38 bits per heavy atom. The SMILES string of the molecule is COC(=O)N1CCCCC1C(=O)N(C)Cc1cccc(-c2nn[nH]n2)c1. The van der Waals surface area contributed by atoms with E-state index in [1.165, 1.54) is 12.0 Å². The van der Waals surface area contributed by atoms with E-state index in [4.69, 9.17) is 4.74 Å². The number of nitrogens with zero attached hydrogens (tertiary/aromatic N) is 5. The summed E-state index contributed by atoms with van der Waals surface area (Å²) in [5.41, 5.74) is 1.77. The van der Waals surface area contributed by atoms with Crippen molar-refractivity contribution in [2.24, 2.45) is 0 Å². The summed E-state index contributed by atoms with van der Waals surface area (Å²) in [5.74, 6) is 0.421. The van der Waals surface area contributed by atoms with Gasteiger partial charge < -0.3 is 9.64 Å². The molecule has 0 spiro atoms. The van der Waals surface area contributed by atoms with Crippen LogP contribution in [-0.4, -0.2) is 69.2 Å². The van der Waals surface area contributed by atoms with Crippen LogP contribution in [0.5, 0.6) is 0 Å². The number of rotatable bonds is 4. The number of likely N-dealkylation sites (tertiary alicyclic amines) is 1. The average molecular weight is 358 g/mol. The van der Waals surface area contributed by atoms with Gasteiger partial charge in [-0.3, -0.25) is 9.69 Å². The Hall–Kier alpha value is -2.97. The molecule has 2 heterocycles. The number of H-pyrrole nitrogens is 1. The van der Waals surface area contributed by atoms with Gasteiger partial charge in [-0.05, 0) is 36.1 Å². The number of tetrazole rings is 1. The van der Waals surface area contributed by atoms with Gasteiger partial charge in [-0.15, -0.1) is 10.2 Å². The number of amides is 2. The van der Waals surface area contributed by atoms with Crippen LogP contribution in [0.1, 0.15) is 24.8 Å². The summed E-state index contributed by atoms with van der Waals surface area (Å²) in [6, 6.07) is 7.17. The smallest absolute Gasteiger partial charge is 0.410 e. The molecule has 26 heavy (non-hydrogen) atoms. The predicted molar refractivity (Wildman–Crippen MR) is 92.8 cm³/mol. The van der Waals surface area contributed by atoms with Crippen LogP contribution in [0.3, 0.4) is 0 Å². The molecule has 138 valence electrons. The number of methoxy groups -OCH3 is 1. The van der Waals surface area contributed by atoms with Crippen LogP contribution < -0.4 is 0 Å². The first kappa shape index (κ1) is 17.8. The molecule has 1 saturated heterocycles. The molecular formula is C17H22N6O3. The molecular weight excluding hydrogens is 336 g/mol. The second-order valence-electron chi connectivity index (χ2n) is 6.31. The second-order valence-corrected chi connectivity index (χ2v) is 6.31. The number of benzene rings is 1. The van der Waals surface area contributed by atoms with E-state index >= 15 is 0 Å². The van der Waals surface area contributed by atoms with Gasteiger partial charge in [0, 0.05) is 25.7 Å². The molecule has 0 aliphatic carbocycles. The summed E-state index contributed by atoms with van der Waals surface area (Å²) in [4.78, 5) is 28.0. The fraction of sp³-hybridized carbons (Fsp3) is 0.471. The molecule has 1 fully saturated rings. The van der Waals surface area contributed by atoms with Crippen molar-refractivity contribution >= 4 is 12.0 Å². The van der Waals surface area contributed by atoms with Crippen molar-refractivity contribution in [2.75, 3.05) is 20.7 Å². The predicted octanol–water partition coefficient (Wildman–Crippen LogP) is 1.45. The Bertz CT molecular complexity index is 764. The summed E-state index contributed by atoms with van der Waals surface area (Å²) in [6.07, 6.45) is 2.01. The van der Waals surface area contributed by atoms with E-state index in [1.54, 1.807) is 11.9 Å². The van der Waals surface area contributed by atoms with E-state index in [-0.39, 0.29) is 5.91 Å². The maximum atomic E-state index is 12.9. The van der Waals surface area contributed by atoms with Crippen molar-refractivity contribution in [2.45, 2.75) is 31.8 Å². The van der Waals surface area contributed by atoms with E-state index < -0.39 is 12.1 Å². The Kier molecular flexibility index (Phi) is 5.45. The minimum absolute atomic E-state index is 0.0833. The minimum atomic E-state index is -0.471. The van der Waals surface area contributed by atoms with E-state index in [1.807, 2.05) is 24.3 Å². The first-order valence-electron chi connectivity index (χ1n) is 8.52. The number of aromatic amines is 1. The molecule has 0 radical (unpaired) electrons. The summed E-state index contributed by atoms with van der Waals surface area (Å²) in [5, 5.41) is 13.9. The van der Waals surface area contributed by atoms with Crippen molar-refractivity contribution in [3.63, 3.8) is 0 Å². The van der Waals surface area contributed by atoms with Crippen LogP contribution >= 0.6 is 0 Å². The maximum absolute atomic E-state index is 12.9. The molecule has 1 aliphatic heterocycles. The Morgan fingerprint density at radius 2 is 2.23 bits per heavy atom. The third-order valence-corrected chi connectivity index (χ3v) is 4.52. The molecule has 0 bridgehead atoms. The van der Waals surface area contributed by atoms with Crippen LogP contribution in [0.2, 0.25) is 0 Å². The number of hydrogen-bond acceptors (Lipinski definition) is 6. The molecule has 2 aromatic rings. The summed E-state index contributed by atoms with van der Waals surface area (Å²) >= 11 is 0. The zero-order chi connectivity index (χ0) is 18.5. The number of nitrogens with one attached hydrogen (secondary N) is 1. The highest BCUT2D eigenvalue weighted by atomic mass is 16.5. The van der Waals surface area contributed by atoms with Gasteiger partial charge in [0.25, 0.3) is 0 Å². The van der Waals surface area contributed by atoms with Crippen LogP contribution in [0, 0.1) is 0 Å². The monoisotopic (exact) mass is 358 g/mol. The number of carbonyl (C=O) groups is 2. The van der Waals surface area contributed by atoms with Gasteiger partial charge in [0.1, 0.15) is 6.04 Å². The van der Waals surface area contributed by atoms with Crippen molar-refractivity contribution in [3.8, 4) is 11.4 Å². The van der Waals surface area contributed by atoms with Crippen molar-refractivity contribution in [1.82, 2.24) is 30.4 Å². The molecule has 2 amide bonds. The third-order valence-electron chi connectivity index (χ3n) is 4.52. The molecule has 1 atom stereocenters. The lowest BCUT2D eigenvalue weighted by Crippen LogP contribution is -2.52. The number of carbonyl (C=O) groups excluding carboxylic acids is 2. The highest BCUT2D eigenvalue weighted by molar-refractivity contribution is 5.85. The summed E-state index contributed by atoms with van der Waals surface area (Å²) in [7, 11) is 3.08. The van der Waals surface area contributed by atoms with Gasteiger partial charge in [-0.1, -0.05) is 18.2 Å². The molecule has 9 nitrogen and oxygen atoms in total. The third kappa shape index (κ3) is 3.81. The molecule has 0 saturated carbocycles. The van der Waals surface area contributed by atoms with Gasteiger partial charge in [0.05, 0.1) is 7.11 Å². The lowest BCUT2D eigenvalue weighted by molar-refractivity contribution is -0.136. The number of ether oxygens (including phenoxy) is 1. The number of likely N-dealkylation sites (N-methyl/N-ethyl adjacent to an activating group) is 1. The fourth-order valence-corrected chi connectivity index (χ4v) is 3.22. The lowest BCUT2D eigenvalue weighted by Gasteiger charge is -2.35. The second kappa shape index (κ2) is 7.94. The van der Waals surface area contributed by atoms with Gasteiger partial charge in [-0.25, -0.2) is 4.79 Å². The van der Waals surface area contributed by atoms with Crippen LogP contribution in [0.4, 0.5) is 4.79 Å². The molecule has 1 aromatic carbocycles. The summed E-state index contributed by atoms with van der Waals surface area (Å²) < 4.78 is 4.82. The first-order valence-corrected chi connectivity index (χ1v) is 8.52. The molecule has 1 aromatic heterocycles. The zero-order valence-corrected chi connectivity index (χ0v) is 14.9. The topological polar surface area (TPSA) is 104 Å². The minimum Gasteiger partial charge on any atom is -0.453 e. The van der Waals surface area contributed by atoms with Gasteiger partial charge in [0.2, 0.25) is 11.7 Å². The largest absolute Gasteiger partial charge is 0.453 e. The highest BCUT2D eigenvalue weighted by Gasteiger charge is 2.34.